The predicted octanol–water partition coefficient (Wildman–Crippen LogP) is 5.25. The van der Waals surface area contributed by atoms with Gasteiger partial charge in [0.05, 0.1) is 12.2 Å². The second-order valence-corrected chi connectivity index (χ2v) is 6.57. The van der Waals surface area contributed by atoms with Crippen LogP contribution in [0, 0.1) is 0 Å². The van der Waals surface area contributed by atoms with Crippen molar-refractivity contribution in [1.82, 2.24) is 4.98 Å². The van der Waals surface area contributed by atoms with E-state index in [4.69, 9.17) is 0 Å². The van der Waals surface area contributed by atoms with Crippen molar-refractivity contribution >= 4 is 44.3 Å². The number of halogens is 1. The van der Waals surface area contributed by atoms with Crippen LogP contribution in [0.4, 0.5) is 5.69 Å². The first-order chi connectivity index (χ1) is 9.31. The van der Waals surface area contributed by atoms with E-state index in [0.29, 0.717) is 0 Å². The fourth-order valence-corrected chi connectivity index (χ4v) is 3.63. The zero-order valence-corrected chi connectivity index (χ0v) is 13.2. The molecule has 0 aliphatic rings. The molecule has 0 amide bonds. The molecule has 1 aromatic carbocycles. The average molecular weight is 351 g/mol. The van der Waals surface area contributed by atoms with Crippen LogP contribution in [0.15, 0.2) is 50.9 Å². The summed E-state index contributed by atoms with van der Waals surface area (Å²) >= 11 is 6.86. The molecule has 0 unspecified atom stereocenters. The van der Waals surface area contributed by atoms with Crippen LogP contribution in [0.25, 0.3) is 10.6 Å². The summed E-state index contributed by atoms with van der Waals surface area (Å²) in [4.78, 5) is 4.64. The molecule has 2 aromatic heterocycles. The lowest BCUT2D eigenvalue weighted by molar-refractivity contribution is 1.08. The van der Waals surface area contributed by atoms with E-state index >= 15 is 0 Å². The van der Waals surface area contributed by atoms with Crippen LogP contribution in [0.1, 0.15) is 5.69 Å². The molecule has 0 bridgehead atoms. The standard InChI is InChI=1S/C14H11BrN2S2/c15-11-2-1-3-12(6-11)16-7-13-9-19-14(17-13)10-4-5-18-8-10/h1-6,8-9,16H,7H2. The lowest BCUT2D eigenvalue weighted by atomic mass is 10.3. The highest BCUT2D eigenvalue weighted by Crippen LogP contribution is 2.26. The molecule has 3 aromatic rings. The van der Waals surface area contributed by atoms with Gasteiger partial charge in [0.1, 0.15) is 5.01 Å². The maximum absolute atomic E-state index is 4.64. The Kier molecular flexibility index (Phi) is 3.96. The maximum atomic E-state index is 4.64. The summed E-state index contributed by atoms with van der Waals surface area (Å²) in [5, 5.41) is 10.8. The Morgan fingerprint density at radius 1 is 1.21 bits per heavy atom. The smallest absolute Gasteiger partial charge is 0.124 e. The third-order valence-electron chi connectivity index (χ3n) is 2.62. The molecule has 1 N–H and O–H groups in total. The number of anilines is 1. The van der Waals surface area contributed by atoms with Gasteiger partial charge in [0.2, 0.25) is 0 Å². The average Bonchev–Trinajstić information content (AvgIpc) is 3.07. The molecule has 0 aliphatic carbocycles. The first kappa shape index (κ1) is 12.8. The quantitative estimate of drug-likeness (QED) is 0.695. The topological polar surface area (TPSA) is 24.9 Å². The number of nitrogens with one attached hydrogen (secondary N) is 1. The van der Waals surface area contributed by atoms with Crippen LogP contribution in [-0.2, 0) is 6.54 Å². The van der Waals surface area contributed by atoms with Crippen molar-refractivity contribution in [2.75, 3.05) is 5.32 Å². The molecule has 3 rings (SSSR count). The van der Waals surface area contributed by atoms with E-state index in [0.717, 1.165) is 27.4 Å². The number of thiazole rings is 1. The fraction of sp³-hybridized carbons (Fsp3) is 0.0714. The van der Waals surface area contributed by atoms with E-state index in [-0.39, 0.29) is 0 Å². The lowest BCUT2D eigenvalue weighted by Gasteiger charge is -2.04. The molecule has 0 aliphatic heterocycles. The van der Waals surface area contributed by atoms with Crippen LogP contribution < -0.4 is 5.32 Å². The summed E-state index contributed by atoms with van der Waals surface area (Å²) in [5.41, 5.74) is 3.38. The van der Waals surface area contributed by atoms with Crippen LogP contribution >= 0.6 is 38.6 Å². The zero-order chi connectivity index (χ0) is 13.1. The molecule has 0 saturated heterocycles. The van der Waals surface area contributed by atoms with Crippen molar-refractivity contribution in [2.45, 2.75) is 6.54 Å². The summed E-state index contributed by atoms with van der Waals surface area (Å²) < 4.78 is 1.08. The van der Waals surface area contributed by atoms with Crippen molar-refractivity contribution in [2.24, 2.45) is 0 Å². The molecule has 0 spiro atoms. The summed E-state index contributed by atoms with van der Waals surface area (Å²) in [6.45, 7) is 0.747. The number of hydrogen-bond donors (Lipinski definition) is 1. The van der Waals surface area contributed by atoms with Gasteiger partial charge in [-0.05, 0) is 29.6 Å². The van der Waals surface area contributed by atoms with E-state index < -0.39 is 0 Å². The number of hydrogen-bond acceptors (Lipinski definition) is 4. The summed E-state index contributed by atoms with van der Waals surface area (Å²) in [6.07, 6.45) is 0. The highest BCUT2D eigenvalue weighted by molar-refractivity contribution is 9.10. The minimum Gasteiger partial charge on any atom is -0.379 e. The Hall–Kier alpha value is -1.17. The normalized spacial score (nSPS) is 10.6. The number of benzene rings is 1. The first-order valence-corrected chi connectivity index (χ1v) is 8.39. The van der Waals surface area contributed by atoms with Crippen LogP contribution in [0.5, 0.6) is 0 Å². The molecule has 2 nitrogen and oxygen atoms in total. The van der Waals surface area contributed by atoms with Crippen molar-refractivity contribution < 1.29 is 0 Å². The van der Waals surface area contributed by atoms with Gasteiger partial charge in [0.15, 0.2) is 0 Å². The van der Waals surface area contributed by atoms with Gasteiger partial charge < -0.3 is 5.32 Å². The number of thiophene rings is 1. The zero-order valence-electron chi connectivity index (χ0n) is 9.97. The Morgan fingerprint density at radius 3 is 2.95 bits per heavy atom. The van der Waals surface area contributed by atoms with Crippen LogP contribution in [0.2, 0.25) is 0 Å². The van der Waals surface area contributed by atoms with Crippen LogP contribution in [0.3, 0.4) is 0 Å². The fourth-order valence-electron chi connectivity index (χ4n) is 1.70. The minimum atomic E-state index is 0.747. The van der Waals surface area contributed by atoms with Crippen molar-refractivity contribution in [3.8, 4) is 10.6 Å². The summed E-state index contributed by atoms with van der Waals surface area (Å²) in [7, 11) is 0. The molecule has 5 heteroatoms. The highest BCUT2D eigenvalue weighted by Gasteiger charge is 2.04. The van der Waals surface area contributed by atoms with Crippen molar-refractivity contribution in [3.63, 3.8) is 0 Å². The monoisotopic (exact) mass is 350 g/mol. The predicted molar refractivity (Wildman–Crippen MR) is 86.9 cm³/mol. The molecule has 96 valence electrons. The molecule has 0 fully saturated rings. The Bertz CT molecular complexity index is 662. The van der Waals surface area contributed by atoms with Gasteiger partial charge in [-0.1, -0.05) is 22.0 Å². The maximum Gasteiger partial charge on any atom is 0.124 e. The van der Waals surface area contributed by atoms with Gasteiger partial charge in [-0.2, -0.15) is 11.3 Å². The second-order valence-electron chi connectivity index (χ2n) is 4.02. The Labute approximate surface area is 128 Å². The molecular weight excluding hydrogens is 340 g/mol. The van der Waals surface area contributed by atoms with Gasteiger partial charge in [-0.25, -0.2) is 4.98 Å². The number of rotatable bonds is 4. The molecule has 2 heterocycles. The van der Waals surface area contributed by atoms with Crippen molar-refractivity contribution in [1.29, 1.82) is 0 Å². The van der Waals surface area contributed by atoms with Gasteiger partial charge in [0.25, 0.3) is 0 Å². The second kappa shape index (κ2) is 5.86. The number of nitrogens with zero attached hydrogens (tertiary/aromatic N) is 1. The van der Waals surface area contributed by atoms with Gasteiger partial charge in [-0.3, -0.25) is 0 Å². The molecular formula is C14H11BrN2S2. The lowest BCUT2D eigenvalue weighted by Crippen LogP contribution is -1.99. The SMILES string of the molecule is Brc1cccc(NCc2csc(-c3ccsc3)n2)c1. The Morgan fingerprint density at radius 2 is 2.16 bits per heavy atom. The Balaban J connectivity index is 1.68. The van der Waals surface area contributed by atoms with Gasteiger partial charge >= 0.3 is 0 Å². The van der Waals surface area contributed by atoms with Gasteiger partial charge in [-0.15, -0.1) is 11.3 Å². The summed E-state index contributed by atoms with van der Waals surface area (Å²) in [5.74, 6) is 0. The molecule has 19 heavy (non-hydrogen) atoms. The first-order valence-electron chi connectivity index (χ1n) is 5.78. The third kappa shape index (κ3) is 3.23. The molecule has 0 radical (unpaired) electrons. The summed E-state index contributed by atoms with van der Waals surface area (Å²) in [6, 6.07) is 10.3. The van der Waals surface area contributed by atoms with Gasteiger partial charge in [0, 0.05) is 26.5 Å². The molecule has 0 atom stereocenters. The largest absolute Gasteiger partial charge is 0.379 e. The van der Waals surface area contributed by atoms with Crippen LogP contribution in [-0.4, -0.2) is 4.98 Å². The van der Waals surface area contributed by atoms with E-state index in [1.54, 1.807) is 22.7 Å². The minimum absolute atomic E-state index is 0.747. The highest BCUT2D eigenvalue weighted by atomic mass is 79.9. The van der Waals surface area contributed by atoms with E-state index in [9.17, 15) is 0 Å². The number of aromatic nitrogens is 1. The van der Waals surface area contributed by atoms with Crippen molar-refractivity contribution in [3.05, 3.63) is 56.6 Å². The van der Waals surface area contributed by atoms with E-state index in [2.05, 4.69) is 60.6 Å². The third-order valence-corrected chi connectivity index (χ3v) is 4.73. The van der Waals surface area contributed by atoms with E-state index in [1.165, 1.54) is 5.56 Å². The van der Waals surface area contributed by atoms with E-state index in [1.807, 2.05) is 12.1 Å². The molecule has 0 saturated carbocycles.